The summed E-state index contributed by atoms with van der Waals surface area (Å²) in [6, 6.07) is 4.83. The van der Waals surface area contributed by atoms with Crippen molar-refractivity contribution in [2.45, 2.75) is 46.2 Å². The summed E-state index contributed by atoms with van der Waals surface area (Å²) in [4.78, 5) is 0. The third kappa shape index (κ3) is 7.46. The van der Waals surface area contributed by atoms with E-state index in [0.29, 0.717) is 32.1 Å². The van der Waals surface area contributed by atoms with Crippen LogP contribution in [0.25, 0.3) is 0 Å². The highest BCUT2D eigenvalue weighted by Crippen LogP contribution is 2.17. The Kier molecular flexibility index (Phi) is 6.96. The van der Waals surface area contributed by atoms with Crippen LogP contribution in [0.15, 0.2) is 18.2 Å². The van der Waals surface area contributed by atoms with Crippen LogP contribution >= 0.6 is 0 Å². The van der Waals surface area contributed by atoms with Crippen molar-refractivity contribution in [1.82, 2.24) is 5.32 Å². The van der Waals surface area contributed by atoms with E-state index in [1.54, 1.807) is 0 Å². The summed E-state index contributed by atoms with van der Waals surface area (Å²) in [6.07, 6.45) is 0.805. The zero-order chi connectivity index (χ0) is 15.0. The van der Waals surface area contributed by atoms with Crippen molar-refractivity contribution in [3.8, 4) is 5.75 Å². The molecule has 0 atom stereocenters. The molecule has 0 amide bonds. The molecule has 1 N–H and O–H groups in total. The molecule has 0 heterocycles. The van der Waals surface area contributed by atoms with Crippen molar-refractivity contribution in [3.63, 3.8) is 0 Å². The fraction of sp³-hybridized carbons (Fsp3) is 0.625. The molecule has 0 unspecified atom stereocenters. The number of benzene rings is 1. The Balaban J connectivity index is 2.49. The van der Waals surface area contributed by atoms with Crippen LogP contribution in [0.3, 0.4) is 0 Å². The molecule has 0 aliphatic carbocycles. The van der Waals surface area contributed by atoms with Crippen LogP contribution < -0.4 is 10.1 Å². The number of hydrogen-bond donors (Lipinski definition) is 1. The molecule has 0 aromatic heterocycles. The Labute approximate surface area is 121 Å². The van der Waals surface area contributed by atoms with Gasteiger partial charge in [-0.25, -0.2) is 4.39 Å². The third-order valence-electron chi connectivity index (χ3n) is 2.66. The van der Waals surface area contributed by atoms with Gasteiger partial charge < -0.3 is 14.8 Å². The maximum absolute atomic E-state index is 13.5. The summed E-state index contributed by atoms with van der Waals surface area (Å²) in [5.74, 6) is 0.310. The molecule has 20 heavy (non-hydrogen) atoms. The van der Waals surface area contributed by atoms with Gasteiger partial charge in [0.05, 0.1) is 6.61 Å². The van der Waals surface area contributed by atoms with Crippen LogP contribution in [-0.4, -0.2) is 25.4 Å². The second-order valence-electron chi connectivity index (χ2n) is 5.80. The normalized spacial score (nSPS) is 11.7. The first kappa shape index (κ1) is 16.9. The lowest BCUT2D eigenvalue weighted by atomic mass is 10.1. The van der Waals surface area contributed by atoms with Crippen molar-refractivity contribution < 1.29 is 13.9 Å². The predicted octanol–water partition coefficient (Wildman–Crippen LogP) is 3.52. The lowest BCUT2D eigenvalue weighted by Crippen LogP contribution is -2.35. The van der Waals surface area contributed by atoms with Crippen LogP contribution in [0, 0.1) is 5.82 Å². The number of ether oxygens (including phenoxy) is 2. The second kappa shape index (κ2) is 8.22. The van der Waals surface area contributed by atoms with Gasteiger partial charge in [-0.1, -0.05) is 0 Å². The van der Waals surface area contributed by atoms with Gasteiger partial charge in [-0.3, -0.25) is 0 Å². The van der Waals surface area contributed by atoms with Gasteiger partial charge in [0.15, 0.2) is 0 Å². The van der Waals surface area contributed by atoms with Crippen LogP contribution in [0.4, 0.5) is 4.39 Å². The first-order valence-electron chi connectivity index (χ1n) is 7.16. The molecule has 1 rings (SSSR count). The molecule has 0 fully saturated rings. The Hall–Kier alpha value is -1.13. The topological polar surface area (TPSA) is 30.5 Å². The van der Waals surface area contributed by atoms with E-state index in [9.17, 15) is 4.39 Å². The summed E-state index contributed by atoms with van der Waals surface area (Å²) in [5, 5.41) is 3.33. The highest BCUT2D eigenvalue weighted by Gasteiger charge is 2.09. The zero-order valence-corrected chi connectivity index (χ0v) is 13.0. The molecule has 1 aromatic carbocycles. The summed E-state index contributed by atoms with van der Waals surface area (Å²) < 4.78 is 24.3. The molecule has 114 valence electrons. The smallest absolute Gasteiger partial charge is 0.127 e. The standard InChI is InChI=1S/C16H26FNO2/c1-5-19-7-6-8-20-15-10-13(9-14(17)11-15)12-18-16(2,3)4/h9-11,18H,5-8,12H2,1-4H3. The molecule has 0 spiro atoms. The van der Waals surface area contributed by atoms with E-state index in [1.807, 2.05) is 13.0 Å². The number of halogens is 1. The summed E-state index contributed by atoms with van der Waals surface area (Å²) in [5.41, 5.74) is 0.893. The lowest BCUT2D eigenvalue weighted by Gasteiger charge is -2.20. The van der Waals surface area contributed by atoms with E-state index >= 15 is 0 Å². The molecule has 1 aromatic rings. The lowest BCUT2D eigenvalue weighted by molar-refractivity contribution is 0.131. The molecule has 0 radical (unpaired) electrons. The van der Waals surface area contributed by atoms with Gasteiger partial charge in [-0.15, -0.1) is 0 Å². The van der Waals surface area contributed by atoms with E-state index in [2.05, 4.69) is 26.1 Å². The summed E-state index contributed by atoms with van der Waals surface area (Å²) in [6.45, 7) is 10.7. The quantitative estimate of drug-likeness (QED) is 0.740. The highest BCUT2D eigenvalue weighted by molar-refractivity contribution is 5.29. The fourth-order valence-electron chi connectivity index (χ4n) is 1.67. The van der Waals surface area contributed by atoms with Gasteiger partial charge >= 0.3 is 0 Å². The number of nitrogens with one attached hydrogen (secondary N) is 1. The molecular weight excluding hydrogens is 257 g/mol. The van der Waals surface area contributed by atoms with E-state index in [4.69, 9.17) is 9.47 Å². The highest BCUT2D eigenvalue weighted by atomic mass is 19.1. The van der Waals surface area contributed by atoms with Crippen molar-refractivity contribution in [2.75, 3.05) is 19.8 Å². The molecular formula is C16H26FNO2. The maximum Gasteiger partial charge on any atom is 0.127 e. The number of rotatable bonds is 8. The van der Waals surface area contributed by atoms with Crippen LogP contribution in [0.1, 0.15) is 39.7 Å². The molecule has 0 aliphatic rings. The molecule has 0 saturated carbocycles. The predicted molar refractivity (Wildman–Crippen MR) is 79.6 cm³/mol. The molecule has 0 saturated heterocycles. The van der Waals surface area contributed by atoms with Crippen LogP contribution in [-0.2, 0) is 11.3 Å². The molecule has 4 heteroatoms. The summed E-state index contributed by atoms with van der Waals surface area (Å²) in [7, 11) is 0. The maximum atomic E-state index is 13.5. The average molecular weight is 283 g/mol. The zero-order valence-electron chi connectivity index (χ0n) is 13.0. The molecule has 0 aliphatic heterocycles. The first-order chi connectivity index (χ1) is 9.40. The first-order valence-corrected chi connectivity index (χ1v) is 7.16. The van der Waals surface area contributed by atoms with Crippen molar-refractivity contribution in [2.24, 2.45) is 0 Å². The molecule has 0 bridgehead atoms. The van der Waals surface area contributed by atoms with Crippen LogP contribution in [0.2, 0.25) is 0 Å². The Morgan fingerprint density at radius 3 is 2.55 bits per heavy atom. The fourth-order valence-corrected chi connectivity index (χ4v) is 1.67. The Bertz CT molecular complexity index is 402. The van der Waals surface area contributed by atoms with E-state index < -0.39 is 0 Å². The monoisotopic (exact) mass is 283 g/mol. The largest absolute Gasteiger partial charge is 0.493 e. The van der Waals surface area contributed by atoms with Gasteiger partial charge in [0.25, 0.3) is 0 Å². The van der Waals surface area contributed by atoms with E-state index in [0.717, 1.165) is 12.0 Å². The summed E-state index contributed by atoms with van der Waals surface area (Å²) >= 11 is 0. The minimum atomic E-state index is -0.266. The van der Waals surface area contributed by atoms with Crippen molar-refractivity contribution in [1.29, 1.82) is 0 Å². The van der Waals surface area contributed by atoms with Crippen molar-refractivity contribution in [3.05, 3.63) is 29.6 Å². The Morgan fingerprint density at radius 2 is 1.90 bits per heavy atom. The minimum absolute atomic E-state index is 0.00479. The molecule has 3 nitrogen and oxygen atoms in total. The van der Waals surface area contributed by atoms with Gasteiger partial charge in [-0.05, 0) is 45.4 Å². The average Bonchev–Trinajstić information content (AvgIpc) is 2.35. The van der Waals surface area contributed by atoms with Gasteiger partial charge in [-0.2, -0.15) is 0 Å². The van der Waals surface area contributed by atoms with Gasteiger partial charge in [0.1, 0.15) is 11.6 Å². The second-order valence-corrected chi connectivity index (χ2v) is 5.80. The van der Waals surface area contributed by atoms with Gasteiger partial charge in [0, 0.05) is 37.8 Å². The third-order valence-corrected chi connectivity index (χ3v) is 2.66. The van der Waals surface area contributed by atoms with E-state index in [-0.39, 0.29) is 11.4 Å². The number of hydrogen-bond acceptors (Lipinski definition) is 3. The minimum Gasteiger partial charge on any atom is -0.493 e. The van der Waals surface area contributed by atoms with E-state index in [1.165, 1.54) is 12.1 Å². The van der Waals surface area contributed by atoms with Gasteiger partial charge in [0.2, 0.25) is 0 Å². The van der Waals surface area contributed by atoms with Crippen molar-refractivity contribution >= 4 is 0 Å². The SMILES string of the molecule is CCOCCCOc1cc(F)cc(CNC(C)(C)C)c1. The Morgan fingerprint density at radius 1 is 1.15 bits per heavy atom. The van der Waals surface area contributed by atoms with Crippen LogP contribution in [0.5, 0.6) is 5.75 Å².